The van der Waals surface area contributed by atoms with Crippen LogP contribution in [-0.2, 0) is 6.54 Å². The number of aromatic nitrogens is 3. The zero-order valence-corrected chi connectivity index (χ0v) is 18.1. The molecule has 0 saturated heterocycles. The molecule has 0 aliphatic rings. The molecule has 6 nitrogen and oxygen atoms in total. The fraction of sp³-hybridized carbons (Fsp3) is 0.261. The first-order valence-electron chi connectivity index (χ1n) is 9.85. The highest BCUT2D eigenvalue weighted by Crippen LogP contribution is 2.37. The number of benzene rings is 2. The lowest BCUT2D eigenvalue weighted by atomic mass is 10.1. The molecule has 0 spiro atoms. The molecule has 154 valence electrons. The van der Waals surface area contributed by atoms with Gasteiger partial charge in [0.05, 0.1) is 18.1 Å². The van der Waals surface area contributed by atoms with Gasteiger partial charge in [-0.25, -0.2) is 9.97 Å². The van der Waals surface area contributed by atoms with Crippen LogP contribution in [0.2, 0.25) is 0 Å². The Labute approximate surface area is 179 Å². The molecule has 0 N–H and O–H groups in total. The Morgan fingerprint density at radius 3 is 2.67 bits per heavy atom. The summed E-state index contributed by atoms with van der Waals surface area (Å²) in [5.74, 6) is 0.676. The second kappa shape index (κ2) is 8.67. The lowest BCUT2D eigenvalue weighted by molar-refractivity contribution is 0.0986. The van der Waals surface area contributed by atoms with Crippen LogP contribution in [0.4, 0.5) is 5.13 Å². The summed E-state index contributed by atoms with van der Waals surface area (Å²) < 4.78 is 8.55. The smallest absolute Gasteiger partial charge is 0.260 e. The van der Waals surface area contributed by atoms with E-state index in [1.54, 1.807) is 24.5 Å². The lowest BCUT2D eigenvalue weighted by Crippen LogP contribution is -2.32. The first-order chi connectivity index (χ1) is 14.6. The van der Waals surface area contributed by atoms with Gasteiger partial charge in [0.1, 0.15) is 11.3 Å². The lowest BCUT2D eigenvalue weighted by Gasteiger charge is -2.20. The number of aryl methyl sites for hydroxylation is 3. The van der Waals surface area contributed by atoms with E-state index in [1.165, 1.54) is 11.3 Å². The molecule has 0 unspecified atom stereocenters. The van der Waals surface area contributed by atoms with Crippen molar-refractivity contribution < 1.29 is 9.53 Å². The number of methoxy groups -OCH3 is 1. The Hall–Kier alpha value is -3.19. The highest BCUT2D eigenvalue weighted by molar-refractivity contribution is 7.22. The van der Waals surface area contributed by atoms with Gasteiger partial charge in [-0.05, 0) is 44.0 Å². The molecule has 4 aromatic rings. The monoisotopic (exact) mass is 420 g/mol. The number of imidazole rings is 1. The minimum absolute atomic E-state index is 0.0451. The standard InChI is InChI=1S/C23H24N4O2S/c1-16-5-8-18(9-6-16)22(28)27(13-4-12-26-14-11-24-15-26)23-25-20-19(29-3)10-7-17(2)21(20)30-23/h5-11,14-15H,4,12-13H2,1-3H3. The minimum atomic E-state index is -0.0451. The number of ether oxygens (including phenoxy) is 1. The summed E-state index contributed by atoms with van der Waals surface area (Å²) in [6.45, 7) is 5.41. The number of fused-ring (bicyclic) bond motifs is 1. The number of carbonyl (C=O) groups excluding carboxylic acids is 1. The SMILES string of the molecule is COc1ccc(C)c2sc(N(CCCn3ccnc3)C(=O)c3ccc(C)cc3)nc12. The summed E-state index contributed by atoms with van der Waals surface area (Å²) in [5.41, 5.74) is 3.70. The number of rotatable bonds is 7. The molecule has 30 heavy (non-hydrogen) atoms. The Bertz CT molecular complexity index is 1150. The normalized spacial score (nSPS) is 11.0. The van der Waals surface area contributed by atoms with Crippen LogP contribution in [0.1, 0.15) is 27.9 Å². The third-order valence-corrected chi connectivity index (χ3v) is 6.26. The van der Waals surface area contributed by atoms with Crippen LogP contribution in [0, 0.1) is 13.8 Å². The second-order valence-corrected chi connectivity index (χ2v) is 8.21. The Balaban J connectivity index is 1.68. The molecule has 1 amide bonds. The Kier molecular flexibility index (Phi) is 5.81. The van der Waals surface area contributed by atoms with Gasteiger partial charge in [0, 0.05) is 31.0 Å². The third kappa shape index (κ3) is 4.07. The molecule has 7 heteroatoms. The molecule has 0 aliphatic carbocycles. The molecule has 0 saturated carbocycles. The average molecular weight is 421 g/mol. The number of hydrogen-bond donors (Lipinski definition) is 0. The van der Waals surface area contributed by atoms with E-state index < -0.39 is 0 Å². The largest absolute Gasteiger partial charge is 0.494 e. The molecule has 0 fully saturated rings. The second-order valence-electron chi connectivity index (χ2n) is 7.24. The number of thiazole rings is 1. The molecule has 0 radical (unpaired) electrons. The summed E-state index contributed by atoms with van der Waals surface area (Å²) in [4.78, 5) is 24.1. The molecule has 2 heterocycles. The molecule has 4 rings (SSSR count). The van der Waals surface area contributed by atoms with Crippen molar-refractivity contribution in [3.63, 3.8) is 0 Å². The summed E-state index contributed by atoms with van der Waals surface area (Å²) in [6.07, 6.45) is 6.27. The van der Waals surface area contributed by atoms with Gasteiger partial charge >= 0.3 is 0 Å². The van der Waals surface area contributed by atoms with Gasteiger partial charge < -0.3 is 9.30 Å². The van der Waals surface area contributed by atoms with Crippen LogP contribution >= 0.6 is 11.3 Å². The number of nitrogens with zero attached hydrogens (tertiary/aromatic N) is 4. The highest BCUT2D eigenvalue weighted by atomic mass is 32.1. The summed E-state index contributed by atoms with van der Waals surface area (Å²) in [6, 6.07) is 11.6. The van der Waals surface area contributed by atoms with Gasteiger partial charge in [-0.3, -0.25) is 9.69 Å². The van der Waals surface area contributed by atoms with Crippen LogP contribution in [0.3, 0.4) is 0 Å². The summed E-state index contributed by atoms with van der Waals surface area (Å²) >= 11 is 1.53. The maximum atomic E-state index is 13.4. The molecule has 0 bridgehead atoms. The Morgan fingerprint density at radius 2 is 1.97 bits per heavy atom. The van der Waals surface area contributed by atoms with Crippen molar-refractivity contribution in [2.24, 2.45) is 0 Å². The van der Waals surface area contributed by atoms with Crippen molar-refractivity contribution in [1.29, 1.82) is 0 Å². The van der Waals surface area contributed by atoms with Crippen molar-refractivity contribution in [3.05, 3.63) is 71.8 Å². The van der Waals surface area contributed by atoms with Crippen molar-refractivity contribution in [3.8, 4) is 5.75 Å². The van der Waals surface area contributed by atoms with Gasteiger partial charge in [0.15, 0.2) is 5.13 Å². The van der Waals surface area contributed by atoms with E-state index >= 15 is 0 Å². The number of amides is 1. The highest BCUT2D eigenvalue weighted by Gasteiger charge is 2.22. The first kappa shape index (κ1) is 20.1. The van der Waals surface area contributed by atoms with E-state index in [2.05, 4.69) is 11.9 Å². The predicted molar refractivity (Wildman–Crippen MR) is 121 cm³/mol. The molecule has 2 aromatic heterocycles. The van der Waals surface area contributed by atoms with E-state index in [-0.39, 0.29) is 5.91 Å². The van der Waals surface area contributed by atoms with E-state index in [1.807, 2.05) is 54.1 Å². The van der Waals surface area contributed by atoms with Crippen molar-refractivity contribution in [1.82, 2.24) is 14.5 Å². The summed E-state index contributed by atoms with van der Waals surface area (Å²) in [7, 11) is 1.64. The van der Waals surface area contributed by atoms with Crippen LogP contribution in [0.15, 0.2) is 55.1 Å². The fourth-order valence-electron chi connectivity index (χ4n) is 3.35. The molecular weight excluding hydrogens is 396 g/mol. The quantitative estimate of drug-likeness (QED) is 0.429. The third-order valence-electron chi connectivity index (χ3n) is 5.04. The van der Waals surface area contributed by atoms with E-state index in [0.717, 1.165) is 40.1 Å². The van der Waals surface area contributed by atoms with Crippen molar-refractivity contribution in [2.45, 2.75) is 26.8 Å². The van der Waals surface area contributed by atoms with E-state index in [9.17, 15) is 4.79 Å². The molecule has 2 aromatic carbocycles. The molecule has 0 atom stereocenters. The minimum Gasteiger partial charge on any atom is -0.494 e. The number of anilines is 1. The molecular formula is C23H24N4O2S. The first-order valence-corrected chi connectivity index (χ1v) is 10.7. The zero-order chi connectivity index (χ0) is 21.1. The van der Waals surface area contributed by atoms with Crippen LogP contribution in [0.25, 0.3) is 10.2 Å². The van der Waals surface area contributed by atoms with Crippen LogP contribution in [0.5, 0.6) is 5.75 Å². The maximum Gasteiger partial charge on any atom is 0.260 e. The zero-order valence-electron chi connectivity index (χ0n) is 17.3. The topological polar surface area (TPSA) is 60.2 Å². The van der Waals surface area contributed by atoms with Crippen molar-refractivity contribution >= 4 is 32.6 Å². The van der Waals surface area contributed by atoms with Gasteiger partial charge in [-0.2, -0.15) is 0 Å². The average Bonchev–Trinajstić information content (AvgIpc) is 3.42. The van der Waals surface area contributed by atoms with Gasteiger partial charge in [0.2, 0.25) is 0 Å². The van der Waals surface area contributed by atoms with Gasteiger partial charge in [-0.1, -0.05) is 35.1 Å². The predicted octanol–water partition coefficient (Wildman–Crippen LogP) is 4.86. The Morgan fingerprint density at radius 1 is 1.17 bits per heavy atom. The van der Waals surface area contributed by atoms with E-state index in [0.29, 0.717) is 17.2 Å². The summed E-state index contributed by atoms with van der Waals surface area (Å²) in [5, 5.41) is 0.689. The van der Waals surface area contributed by atoms with Crippen LogP contribution in [-0.4, -0.2) is 34.1 Å². The molecule has 0 aliphatic heterocycles. The van der Waals surface area contributed by atoms with Gasteiger partial charge in [0.25, 0.3) is 5.91 Å². The van der Waals surface area contributed by atoms with Crippen LogP contribution < -0.4 is 9.64 Å². The van der Waals surface area contributed by atoms with Crippen molar-refractivity contribution in [2.75, 3.05) is 18.6 Å². The van der Waals surface area contributed by atoms with Gasteiger partial charge in [-0.15, -0.1) is 0 Å². The number of hydrogen-bond acceptors (Lipinski definition) is 5. The number of carbonyl (C=O) groups is 1. The van der Waals surface area contributed by atoms with E-state index in [4.69, 9.17) is 9.72 Å². The fourth-order valence-corrected chi connectivity index (χ4v) is 4.42. The maximum absolute atomic E-state index is 13.4.